The van der Waals surface area contributed by atoms with Crippen LogP contribution >= 0.6 is 23.8 Å². The topological polar surface area (TPSA) is 20.7 Å². The maximum absolute atomic E-state index is 13.5. The second kappa shape index (κ2) is 4.91. The fourth-order valence-corrected chi connectivity index (χ4v) is 3.50. The van der Waals surface area contributed by atoms with E-state index in [2.05, 4.69) is 16.5 Å². The van der Waals surface area contributed by atoms with E-state index in [0.29, 0.717) is 10.8 Å². The molecule has 102 valence electrons. The predicted octanol–water partition coefficient (Wildman–Crippen LogP) is 5.24. The molecule has 0 unspecified atom stereocenters. The number of hydrogen-bond donors (Lipinski definition) is 1. The van der Waals surface area contributed by atoms with Gasteiger partial charge in [0.1, 0.15) is 5.82 Å². The highest BCUT2D eigenvalue weighted by atomic mass is 35.5. The molecular formula is C14H16ClFN2S. The van der Waals surface area contributed by atoms with Crippen LogP contribution < -0.4 is 0 Å². The number of fused-ring (bicyclic) bond motifs is 1. The zero-order valence-electron chi connectivity index (χ0n) is 10.7. The van der Waals surface area contributed by atoms with Crippen molar-refractivity contribution >= 4 is 34.9 Å². The van der Waals surface area contributed by atoms with E-state index in [-0.39, 0.29) is 5.02 Å². The second-order valence-corrected chi connectivity index (χ2v) is 6.29. The smallest absolute Gasteiger partial charge is 0.178 e. The van der Waals surface area contributed by atoms with Gasteiger partial charge in [0.05, 0.1) is 16.1 Å². The highest BCUT2D eigenvalue weighted by Crippen LogP contribution is 2.35. The third-order valence-electron chi connectivity index (χ3n) is 4.11. The summed E-state index contributed by atoms with van der Waals surface area (Å²) in [6, 6.07) is 3.50. The molecule has 2 aromatic rings. The quantitative estimate of drug-likeness (QED) is 0.714. The van der Waals surface area contributed by atoms with Gasteiger partial charge in [-0.2, -0.15) is 0 Å². The average Bonchev–Trinajstić information content (AvgIpc) is 2.67. The summed E-state index contributed by atoms with van der Waals surface area (Å²) in [5, 5.41) is 0.152. The van der Waals surface area contributed by atoms with Gasteiger partial charge in [-0.3, -0.25) is 0 Å². The lowest BCUT2D eigenvalue weighted by Crippen LogP contribution is -2.16. The number of nitrogens with one attached hydrogen (secondary N) is 1. The van der Waals surface area contributed by atoms with E-state index in [0.717, 1.165) is 29.8 Å². The van der Waals surface area contributed by atoms with Crippen LogP contribution in [0.3, 0.4) is 0 Å². The average molecular weight is 299 g/mol. The largest absolute Gasteiger partial charge is 0.330 e. The number of nitrogens with zero attached hydrogens (tertiary/aromatic N) is 1. The third-order valence-corrected chi connectivity index (χ3v) is 4.70. The monoisotopic (exact) mass is 298 g/mol. The van der Waals surface area contributed by atoms with Crippen molar-refractivity contribution in [3.63, 3.8) is 0 Å². The molecule has 0 spiro atoms. The zero-order chi connectivity index (χ0) is 13.6. The number of aromatic amines is 1. The summed E-state index contributed by atoms with van der Waals surface area (Å²) in [6.07, 6.45) is 4.68. The minimum atomic E-state index is -0.408. The first kappa shape index (κ1) is 13.1. The molecule has 0 saturated heterocycles. The van der Waals surface area contributed by atoms with E-state index in [4.69, 9.17) is 23.8 Å². The van der Waals surface area contributed by atoms with Crippen LogP contribution in [0.15, 0.2) is 12.1 Å². The van der Waals surface area contributed by atoms with Crippen LogP contribution in [-0.4, -0.2) is 9.55 Å². The van der Waals surface area contributed by atoms with Crippen molar-refractivity contribution in [2.75, 3.05) is 0 Å². The van der Waals surface area contributed by atoms with Crippen LogP contribution in [0.4, 0.5) is 4.39 Å². The standard InChI is InChI=1S/C14H16ClFN2S/c1-8-2-4-9(5-3-8)18-13-6-10(15)11(16)7-12(13)17-14(18)19/h6-9H,2-5H2,1H3,(H,17,19). The second-order valence-electron chi connectivity index (χ2n) is 5.50. The predicted molar refractivity (Wildman–Crippen MR) is 78.8 cm³/mol. The van der Waals surface area contributed by atoms with Crippen molar-refractivity contribution in [3.05, 3.63) is 27.7 Å². The van der Waals surface area contributed by atoms with Crippen molar-refractivity contribution in [2.45, 2.75) is 38.6 Å². The molecule has 19 heavy (non-hydrogen) atoms. The Kier molecular flexibility index (Phi) is 3.39. The molecule has 5 heteroatoms. The van der Waals surface area contributed by atoms with Crippen LogP contribution in [0.2, 0.25) is 5.02 Å². The van der Waals surface area contributed by atoms with Crippen molar-refractivity contribution in [1.29, 1.82) is 0 Å². The van der Waals surface area contributed by atoms with Crippen LogP contribution in [0.25, 0.3) is 11.0 Å². The highest BCUT2D eigenvalue weighted by Gasteiger charge is 2.22. The number of rotatable bonds is 1. The minimum absolute atomic E-state index is 0.152. The lowest BCUT2D eigenvalue weighted by Gasteiger charge is -2.27. The summed E-state index contributed by atoms with van der Waals surface area (Å²) in [5.74, 6) is 0.381. The number of halogens is 2. The number of benzene rings is 1. The lowest BCUT2D eigenvalue weighted by atomic mass is 9.87. The Morgan fingerprint density at radius 1 is 1.32 bits per heavy atom. The van der Waals surface area contributed by atoms with Gasteiger partial charge in [0, 0.05) is 12.1 Å². The van der Waals surface area contributed by atoms with Gasteiger partial charge in [-0.15, -0.1) is 0 Å². The minimum Gasteiger partial charge on any atom is -0.330 e. The van der Waals surface area contributed by atoms with Gasteiger partial charge in [0.25, 0.3) is 0 Å². The van der Waals surface area contributed by atoms with Crippen molar-refractivity contribution < 1.29 is 4.39 Å². The van der Waals surface area contributed by atoms with Gasteiger partial charge in [0.2, 0.25) is 0 Å². The van der Waals surface area contributed by atoms with Gasteiger partial charge >= 0.3 is 0 Å². The zero-order valence-corrected chi connectivity index (χ0v) is 12.3. The van der Waals surface area contributed by atoms with Gasteiger partial charge in [-0.25, -0.2) is 4.39 Å². The molecule has 1 heterocycles. The summed E-state index contributed by atoms with van der Waals surface area (Å²) in [5.41, 5.74) is 1.64. The molecule has 1 N–H and O–H groups in total. The van der Waals surface area contributed by atoms with Crippen LogP contribution in [0.1, 0.15) is 38.6 Å². The summed E-state index contributed by atoms with van der Waals surface area (Å²) in [4.78, 5) is 3.08. The Bertz CT molecular complexity index is 668. The fraction of sp³-hybridized carbons (Fsp3) is 0.500. The van der Waals surface area contributed by atoms with Crippen LogP contribution in [0, 0.1) is 16.5 Å². The number of H-pyrrole nitrogens is 1. The number of aromatic nitrogens is 2. The molecule has 3 rings (SSSR count). The van der Waals surface area contributed by atoms with E-state index in [1.54, 1.807) is 6.07 Å². The molecule has 1 aliphatic carbocycles. The van der Waals surface area contributed by atoms with Gasteiger partial charge in [-0.1, -0.05) is 18.5 Å². The molecule has 0 aliphatic heterocycles. The summed E-state index contributed by atoms with van der Waals surface area (Å²) < 4.78 is 16.3. The SMILES string of the molecule is CC1CCC(n2c(=S)[nH]c3cc(F)c(Cl)cc32)CC1. The van der Waals surface area contributed by atoms with Crippen LogP contribution in [0.5, 0.6) is 0 Å². The van der Waals surface area contributed by atoms with Crippen LogP contribution in [-0.2, 0) is 0 Å². The van der Waals surface area contributed by atoms with E-state index in [9.17, 15) is 4.39 Å². The molecule has 1 fully saturated rings. The summed E-state index contributed by atoms with van der Waals surface area (Å²) in [7, 11) is 0. The summed E-state index contributed by atoms with van der Waals surface area (Å²) in [6.45, 7) is 2.29. The van der Waals surface area contributed by atoms with Gasteiger partial charge in [-0.05, 0) is 49.9 Å². The Hall–Kier alpha value is -0.870. The van der Waals surface area contributed by atoms with E-state index in [1.165, 1.54) is 18.9 Å². The van der Waals surface area contributed by atoms with E-state index < -0.39 is 5.82 Å². The molecule has 0 amide bonds. The molecular weight excluding hydrogens is 283 g/mol. The molecule has 0 radical (unpaired) electrons. The van der Waals surface area contributed by atoms with Gasteiger partial charge < -0.3 is 9.55 Å². The Balaban J connectivity index is 2.10. The molecule has 1 saturated carbocycles. The third kappa shape index (κ3) is 2.32. The number of imidazole rings is 1. The Morgan fingerprint density at radius 3 is 2.68 bits per heavy atom. The molecule has 0 bridgehead atoms. The molecule has 1 aliphatic rings. The normalized spacial score (nSPS) is 23.9. The van der Waals surface area contributed by atoms with Gasteiger partial charge in [0.15, 0.2) is 4.77 Å². The first-order valence-corrected chi connectivity index (χ1v) is 7.44. The van der Waals surface area contributed by atoms with Crippen molar-refractivity contribution in [1.82, 2.24) is 9.55 Å². The molecule has 0 atom stereocenters. The Labute approximate surface area is 121 Å². The maximum atomic E-state index is 13.5. The van der Waals surface area contributed by atoms with Crippen molar-refractivity contribution in [3.8, 4) is 0 Å². The highest BCUT2D eigenvalue weighted by molar-refractivity contribution is 7.71. The Morgan fingerprint density at radius 2 is 2.00 bits per heavy atom. The lowest BCUT2D eigenvalue weighted by molar-refractivity contribution is 0.292. The molecule has 1 aromatic carbocycles. The fourth-order valence-electron chi connectivity index (χ4n) is 2.98. The summed E-state index contributed by atoms with van der Waals surface area (Å²) >= 11 is 11.3. The number of hydrogen-bond acceptors (Lipinski definition) is 1. The molecule has 2 nitrogen and oxygen atoms in total. The maximum Gasteiger partial charge on any atom is 0.178 e. The van der Waals surface area contributed by atoms with Crippen molar-refractivity contribution in [2.24, 2.45) is 5.92 Å². The first-order valence-electron chi connectivity index (χ1n) is 6.65. The van der Waals surface area contributed by atoms with E-state index in [1.807, 2.05) is 0 Å². The molecule has 1 aromatic heterocycles. The first-order chi connectivity index (χ1) is 9.06. The van der Waals surface area contributed by atoms with E-state index >= 15 is 0 Å².